The zero-order valence-corrected chi connectivity index (χ0v) is 15.0. The molecule has 128 valence electrons. The highest BCUT2D eigenvalue weighted by Crippen LogP contribution is 2.32. The molecule has 5 heteroatoms. The molecule has 0 bridgehead atoms. The van der Waals surface area contributed by atoms with Gasteiger partial charge in [0.2, 0.25) is 5.91 Å². The first kappa shape index (κ1) is 17.2. The van der Waals surface area contributed by atoms with Crippen molar-refractivity contribution in [2.45, 2.75) is 25.7 Å². The maximum Gasteiger partial charge on any atom is 0.225 e. The first-order chi connectivity index (χ1) is 12.0. The number of aromatic amines is 1. The van der Waals surface area contributed by atoms with E-state index in [9.17, 15) is 4.79 Å². The normalized spacial score (nSPS) is 11.3. The van der Waals surface area contributed by atoms with E-state index < -0.39 is 0 Å². The number of H-pyrrole nitrogens is 1. The smallest absolute Gasteiger partial charge is 0.225 e. The molecule has 0 saturated heterocycles. The minimum atomic E-state index is -0.348. The summed E-state index contributed by atoms with van der Waals surface area (Å²) in [6.07, 6.45) is 3.94. The van der Waals surface area contributed by atoms with E-state index in [1.807, 2.05) is 68.6 Å². The van der Waals surface area contributed by atoms with Gasteiger partial charge >= 0.3 is 0 Å². The minimum Gasteiger partial charge on any atom is -0.326 e. The highest BCUT2D eigenvalue weighted by atomic mass is 35.5. The number of halogens is 1. The number of nitrogens with zero attached hydrogens (tertiary/aromatic N) is 1. The number of benzene rings is 2. The molecule has 3 aromatic rings. The standard InChI is InChI=1S/C20H20ClN3O/c1-20(2,17-5-3-4-6-18(17)21)11-19(25)24-16-9-7-14(8-10-16)15-12-22-23-13-15/h3-10,12-13H,11H2,1-2H3,(H,22,23)(H,24,25). The molecule has 0 spiro atoms. The van der Waals surface area contributed by atoms with E-state index in [2.05, 4.69) is 15.5 Å². The van der Waals surface area contributed by atoms with E-state index in [4.69, 9.17) is 11.6 Å². The second-order valence-electron chi connectivity index (χ2n) is 6.65. The van der Waals surface area contributed by atoms with Crippen molar-refractivity contribution in [3.8, 4) is 11.1 Å². The Labute approximate surface area is 152 Å². The molecule has 2 N–H and O–H groups in total. The summed E-state index contributed by atoms with van der Waals surface area (Å²) in [6, 6.07) is 15.4. The first-order valence-corrected chi connectivity index (χ1v) is 8.47. The molecule has 0 atom stereocenters. The molecule has 0 fully saturated rings. The van der Waals surface area contributed by atoms with Crippen molar-refractivity contribution in [3.63, 3.8) is 0 Å². The zero-order valence-electron chi connectivity index (χ0n) is 14.2. The molecule has 25 heavy (non-hydrogen) atoms. The van der Waals surface area contributed by atoms with Crippen LogP contribution in [-0.2, 0) is 10.2 Å². The van der Waals surface area contributed by atoms with E-state index in [1.165, 1.54) is 0 Å². The number of aromatic nitrogens is 2. The molecule has 1 amide bonds. The molecule has 0 aliphatic carbocycles. The first-order valence-electron chi connectivity index (χ1n) is 8.10. The number of hydrogen-bond donors (Lipinski definition) is 2. The summed E-state index contributed by atoms with van der Waals surface area (Å²) >= 11 is 6.28. The average molecular weight is 354 g/mol. The van der Waals surface area contributed by atoms with E-state index in [-0.39, 0.29) is 11.3 Å². The number of hydrogen-bond acceptors (Lipinski definition) is 2. The monoisotopic (exact) mass is 353 g/mol. The number of carbonyl (C=O) groups is 1. The average Bonchev–Trinajstić information content (AvgIpc) is 3.09. The fraction of sp³-hybridized carbons (Fsp3) is 0.200. The second kappa shape index (κ2) is 7.11. The largest absolute Gasteiger partial charge is 0.326 e. The van der Waals surface area contributed by atoms with Crippen LogP contribution in [0.2, 0.25) is 5.02 Å². The van der Waals surface area contributed by atoms with Crippen LogP contribution < -0.4 is 5.32 Å². The second-order valence-corrected chi connectivity index (χ2v) is 7.06. The fourth-order valence-corrected chi connectivity index (χ4v) is 3.26. The van der Waals surface area contributed by atoms with Gasteiger partial charge in [0.1, 0.15) is 0 Å². The lowest BCUT2D eigenvalue weighted by molar-refractivity contribution is -0.117. The van der Waals surface area contributed by atoms with Crippen LogP contribution in [-0.4, -0.2) is 16.1 Å². The molecule has 2 aromatic carbocycles. The SMILES string of the molecule is CC(C)(CC(=O)Nc1ccc(-c2cn[nH]c2)cc1)c1ccccc1Cl. The third-order valence-electron chi connectivity index (χ3n) is 4.21. The molecular weight excluding hydrogens is 334 g/mol. The van der Waals surface area contributed by atoms with E-state index in [0.717, 1.165) is 22.4 Å². The molecule has 0 saturated carbocycles. The molecule has 1 heterocycles. The molecule has 0 aliphatic heterocycles. The van der Waals surface area contributed by atoms with Gasteiger partial charge in [-0.25, -0.2) is 0 Å². The van der Waals surface area contributed by atoms with Crippen molar-refractivity contribution in [3.05, 3.63) is 71.5 Å². The molecule has 1 aromatic heterocycles. The summed E-state index contributed by atoms with van der Waals surface area (Å²) in [6.45, 7) is 4.05. The summed E-state index contributed by atoms with van der Waals surface area (Å²) in [5, 5.41) is 10.4. The Balaban J connectivity index is 1.67. The van der Waals surface area contributed by atoms with E-state index in [0.29, 0.717) is 11.4 Å². The van der Waals surface area contributed by atoms with E-state index >= 15 is 0 Å². The van der Waals surface area contributed by atoms with Gasteiger partial charge in [-0.15, -0.1) is 0 Å². The summed E-state index contributed by atoms with van der Waals surface area (Å²) in [7, 11) is 0. The van der Waals surface area contributed by atoms with Crippen LogP contribution in [0.25, 0.3) is 11.1 Å². The van der Waals surface area contributed by atoms with Gasteiger partial charge in [-0.2, -0.15) is 5.10 Å². The highest BCUT2D eigenvalue weighted by molar-refractivity contribution is 6.31. The number of carbonyl (C=O) groups excluding carboxylic acids is 1. The quantitative estimate of drug-likeness (QED) is 0.675. The molecule has 0 aliphatic rings. The third kappa shape index (κ3) is 4.09. The van der Waals surface area contributed by atoms with Crippen LogP contribution in [0, 0.1) is 0 Å². The molecular formula is C20H20ClN3O. The fourth-order valence-electron chi connectivity index (χ4n) is 2.87. The van der Waals surface area contributed by atoms with Crippen molar-refractivity contribution < 1.29 is 4.79 Å². The predicted octanol–water partition coefficient (Wildman–Crippen LogP) is 5.04. The van der Waals surface area contributed by atoms with Gasteiger partial charge in [-0.3, -0.25) is 9.89 Å². The maximum absolute atomic E-state index is 12.5. The van der Waals surface area contributed by atoms with Gasteiger partial charge in [0.15, 0.2) is 0 Å². The molecule has 0 radical (unpaired) electrons. The van der Waals surface area contributed by atoms with E-state index in [1.54, 1.807) is 6.20 Å². The highest BCUT2D eigenvalue weighted by Gasteiger charge is 2.26. The molecule has 3 rings (SSSR count). The zero-order chi connectivity index (χ0) is 17.9. The van der Waals surface area contributed by atoms with Crippen molar-refractivity contribution in [1.82, 2.24) is 10.2 Å². The minimum absolute atomic E-state index is 0.0408. The van der Waals surface area contributed by atoms with Gasteiger partial charge in [-0.05, 0) is 34.7 Å². The van der Waals surface area contributed by atoms with Crippen molar-refractivity contribution in [2.24, 2.45) is 0 Å². The Morgan fingerprint density at radius 2 is 1.84 bits per heavy atom. The third-order valence-corrected chi connectivity index (χ3v) is 4.54. The predicted molar refractivity (Wildman–Crippen MR) is 102 cm³/mol. The maximum atomic E-state index is 12.5. The van der Waals surface area contributed by atoms with Crippen molar-refractivity contribution in [2.75, 3.05) is 5.32 Å². The molecule has 0 unspecified atom stereocenters. The number of amides is 1. The number of rotatable bonds is 5. The lowest BCUT2D eigenvalue weighted by Gasteiger charge is -2.25. The topological polar surface area (TPSA) is 57.8 Å². The number of anilines is 1. The van der Waals surface area contributed by atoms with Gasteiger partial charge in [0, 0.05) is 28.9 Å². The van der Waals surface area contributed by atoms with Gasteiger partial charge in [0.05, 0.1) is 6.20 Å². The molecule has 4 nitrogen and oxygen atoms in total. The van der Waals surface area contributed by atoms with Crippen LogP contribution >= 0.6 is 11.6 Å². The summed E-state index contributed by atoms with van der Waals surface area (Å²) in [4.78, 5) is 12.5. The summed E-state index contributed by atoms with van der Waals surface area (Å²) in [5.74, 6) is -0.0408. The van der Waals surface area contributed by atoms with Crippen LogP contribution in [0.1, 0.15) is 25.8 Å². The van der Waals surface area contributed by atoms with Gasteiger partial charge in [-0.1, -0.05) is 55.8 Å². The Bertz CT molecular complexity index is 855. The van der Waals surface area contributed by atoms with Gasteiger partial charge in [0.25, 0.3) is 0 Å². The van der Waals surface area contributed by atoms with Crippen molar-refractivity contribution in [1.29, 1.82) is 0 Å². The van der Waals surface area contributed by atoms with Crippen LogP contribution in [0.3, 0.4) is 0 Å². The lowest BCUT2D eigenvalue weighted by Crippen LogP contribution is -2.26. The Hall–Kier alpha value is -2.59. The number of nitrogens with one attached hydrogen (secondary N) is 2. The Morgan fingerprint density at radius 1 is 1.12 bits per heavy atom. The van der Waals surface area contributed by atoms with Gasteiger partial charge < -0.3 is 5.32 Å². The van der Waals surface area contributed by atoms with Crippen LogP contribution in [0.4, 0.5) is 5.69 Å². The van der Waals surface area contributed by atoms with Crippen LogP contribution in [0.5, 0.6) is 0 Å². The lowest BCUT2D eigenvalue weighted by atomic mass is 9.81. The Kier molecular flexibility index (Phi) is 4.91. The summed E-state index contributed by atoms with van der Waals surface area (Å²) < 4.78 is 0. The van der Waals surface area contributed by atoms with Crippen molar-refractivity contribution >= 4 is 23.2 Å². The van der Waals surface area contributed by atoms with Crippen LogP contribution in [0.15, 0.2) is 60.9 Å². The summed E-state index contributed by atoms with van der Waals surface area (Å²) in [5.41, 5.74) is 3.45. The Morgan fingerprint density at radius 3 is 2.48 bits per heavy atom.